The van der Waals surface area contributed by atoms with Crippen molar-refractivity contribution in [3.05, 3.63) is 12.2 Å². The molecular formula is C63H123NO5. The second kappa shape index (κ2) is 59.2. The monoisotopic (exact) mass is 974 g/mol. The highest BCUT2D eigenvalue weighted by Crippen LogP contribution is 2.18. The van der Waals surface area contributed by atoms with Crippen LogP contribution in [0.4, 0.5) is 0 Å². The molecule has 410 valence electrons. The van der Waals surface area contributed by atoms with Crippen molar-refractivity contribution in [2.75, 3.05) is 13.2 Å². The van der Waals surface area contributed by atoms with Crippen LogP contribution >= 0.6 is 0 Å². The normalized spacial score (nSPS) is 12.6. The Hall–Kier alpha value is -1.40. The minimum absolute atomic E-state index is 0.0186. The summed E-state index contributed by atoms with van der Waals surface area (Å²) in [6.45, 7) is 4.96. The number of rotatable bonds is 59. The fraction of sp³-hybridized carbons (Fsp3) is 0.937. The molecule has 0 heterocycles. The molecule has 6 nitrogen and oxygen atoms in total. The van der Waals surface area contributed by atoms with E-state index >= 15 is 0 Å². The average molecular weight is 975 g/mol. The highest BCUT2D eigenvalue weighted by Gasteiger charge is 2.20. The van der Waals surface area contributed by atoms with Crippen LogP contribution in [-0.4, -0.2) is 47.4 Å². The molecule has 0 radical (unpaired) electrons. The molecular weight excluding hydrogens is 851 g/mol. The van der Waals surface area contributed by atoms with Gasteiger partial charge in [-0.2, -0.15) is 0 Å². The number of ether oxygens (including phenoxy) is 1. The quantitative estimate of drug-likeness (QED) is 0.0321. The van der Waals surface area contributed by atoms with Gasteiger partial charge in [0.15, 0.2) is 0 Å². The van der Waals surface area contributed by atoms with E-state index in [1.807, 2.05) is 0 Å². The van der Waals surface area contributed by atoms with Gasteiger partial charge < -0.3 is 20.3 Å². The van der Waals surface area contributed by atoms with E-state index in [0.29, 0.717) is 25.9 Å². The molecule has 0 aromatic heterocycles. The van der Waals surface area contributed by atoms with E-state index in [-0.39, 0.29) is 18.5 Å². The molecule has 0 aliphatic rings. The molecule has 0 aromatic rings. The minimum atomic E-state index is -0.661. The van der Waals surface area contributed by atoms with Crippen LogP contribution in [0.15, 0.2) is 12.2 Å². The number of carbonyl (C=O) groups is 2. The molecule has 0 rings (SSSR count). The third-order valence-corrected chi connectivity index (χ3v) is 14.8. The maximum atomic E-state index is 12.4. The van der Waals surface area contributed by atoms with Gasteiger partial charge in [0, 0.05) is 12.8 Å². The molecule has 0 aromatic carbocycles. The Morgan fingerprint density at radius 1 is 0.391 bits per heavy atom. The molecule has 0 saturated carbocycles. The lowest BCUT2D eigenvalue weighted by Gasteiger charge is -2.22. The summed E-state index contributed by atoms with van der Waals surface area (Å²) in [6, 6.07) is -0.539. The summed E-state index contributed by atoms with van der Waals surface area (Å²) in [5.74, 6) is -0.0165. The van der Waals surface area contributed by atoms with Gasteiger partial charge in [-0.25, -0.2) is 0 Å². The second-order valence-electron chi connectivity index (χ2n) is 21.7. The van der Waals surface area contributed by atoms with Crippen LogP contribution in [0.25, 0.3) is 0 Å². The Kier molecular flexibility index (Phi) is 58.0. The fourth-order valence-electron chi connectivity index (χ4n) is 9.99. The molecule has 0 spiro atoms. The summed E-state index contributed by atoms with van der Waals surface area (Å²) in [7, 11) is 0. The number of carbonyl (C=O) groups excluding carboxylic acids is 2. The molecule has 2 unspecified atom stereocenters. The van der Waals surface area contributed by atoms with Gasteiger partial charge in [0.05, 0.1) is 25.4 Å². The molecule has 6 heteroatoms. The zero-order chi connectivity index (χ0) is 50.0. The second-order valence-corrected chi connectivity index (χ2v) is 21.7. The zero-order valence-corrected chi connectivity index (χ0v) is 46.8. The number of nitrogens with one attached hydrogen (secondary N) is 1. The number of hydrogen-bond acceptors (Lipinski definition) is 5. The van der Waals surface area contributed by atoms with Crippen molar-refractivity contribution >= 4 is 11.9 Å². The number of esters is 1. The van der Waals surface area contributed by atoms with Gasteiger partial charge in [-0.1, -0.05) is 302 Å². The highest BCUT2D eigenvalue weighted by atomic mass is 16.5. The molecule has 2 atom stereocenters. The first-order valence-electron chi connectivity index (χ1n) is 31.4. The van der Waals surface area contributed by atoms with Crippen LogP contribution in [-0.2, 0) is 14.3 Å². The van der Waals surface area contributed by atoms with Crippen molar-refractivity contribution in [2.45, 2.75) is 366 Å². The molecule has 0 aliphatic carbocycles. The lowest BCUT2D eigenvalue weighted by atomic mass is 10.0. The van der Waals surface area contributed by atoms with E-state index in [4.69, 9.17) is 4.74 Å². The summed E-state index contributed by atoms with van der Waals surface area (Å²) >= 11 is 0. The molecule has 69 heavy (non-hydrogen) atoms. The smallest absolute Gasteiger partial charge is 0.305 e. The van der Waals surface area contributed by atoms with Gasteiger partial charge in [0.1, 0.15) is 0 Å². The Labute approximate surface area is 431 Å². The van der Waals surface area contributed by atoms with Gasteiger partial charge >= 0.3 is 5.97 Å². The number of hydrogen-bond donors (Lipinski definition) is 3. The number of unbranched alkanes of at least 4 members (excludes halogenated alkanes) is 46. The number of amides is 1. The van der Waals surface area contributed by atoms with Crippen LogP contribution in [0.1, 0.15) is 354 Å². The van der Waals surface area contributed by atoms with E-state index in [1.54, 1.807) is 0 Å². The lowest BCUT2D eigenvalue weighted by molar-refractivity contribution is -0.143. The van der Waals surface area contributed by atoms with Gasteiger partial charge in [0.2, 0.25) is 5.91 Å². The molecule has 0 fully saturated rings. The van der Waals surface area contributed by atoms with Crippen molar-refractivity contribution in [3.8, 4) is 0 Å². The average Bonchev–Trinajstić information content (AvgIpc) is 3.35. The maximum Gasteiger partial charge on any atom is 0.305 e. The fourth-order valence-corrected chi connectivity index (χ4v) is 9.99. The number of aliphatic hydroxyl groups excluding tert-OH is 2. The summed E-state index contributed by atoms with van der Waals surface area (Å²) in [4.78, 5) is 24.5. The molecule has 0 aliphatic heterocycles. The molecule has 0 saturated heterocycles. The van der Waals surface area contributed by atoms with Crippen molar-refractivity contribution < 1.29 is 24.5 Å². The van der Waals surface area contributed by atoms with E-state index in [2.05, 4.69) is 31.3 Å². The first-order valence-corrected chi connectivity index (χ1v) is 31.4. The number of allylic oxidation sites excluding steroid dienone is 2. The standard InChI is InChI=1S/C63H123NO5/c1-3-5-7-9-11-13-15-16-34-37-41-45-49-53-57-63(68)69-58-54-50-46-42-38-35-32-30-28-26-24-22-20-18-17-19-21-23-25-27-29-31-33-36-40-44-48-52-56-62(67)64-60(59-65)61(66)55-51-47-43-39-14-12-10-8-6-4-2/h17-18,60-61,65-66H,3-16,19-59H2,1-2H3,(H,64,67)/b18-17-. The van der Waals surface area contributed by atoms with E-state index < -0.39 is 12.1 Å². The Balaban J connectivity index is 3.34. The van der Waals surface area contributed by atoms with Crippen molar-refractivity contribution in [2.24, 2.45) is 0 Å². The van der Waals surface area contributed by atoms with Crippen molar-refractivity contribution in [1.82, 2.24) is 5.32 Å². The predicted molar refractivity (Wildman–Crippen MR) is 301 cm³/mol. The molecule has 0 bridgehead atoms. The van der Waals surface area contributed by atoms with Crippen LogP contribution in [0.2, 0.25) is 0 Å². The topological polar surface area (TPSA) is 95.9 Å². The van der Waals surface area contributed by atoms with Gasteiger partial charge in [0.25, 0.3) is 0 Å². The first-order chi connectivity index (χ1) is 34.0. The van der Waals surface area contributed by atoms with Crippen LogP contribution in [0.3, 0.4) is 0 Å². The summed E-state index contributed by atoms with van der Waals surface area (Å²) in [6.07, 6.45) is 71.0. The van der Waals surface area contributed by atoms with Crippen molar-refractivity contribution in [1.29, 1.82) is 0 Å². The minimum Gasteiger partial charge on any atom is -0.466 e. The van der Waals surface area contributed by atoms with E-state index in [9.17, 15) is 19.8 Å². The highest BCUT2D eigenvalue weighted by molar-refractivity contribution is 5.76. The summed E-state index contributed by atoms with van der Waals surface area (Å²) in [5, 5.41) is 23.2. The van der Waals surface area contributed by atoms with Gasteiger partial charge in [-0.3, -0.25) is 9.59 Å². The van der Waals surface area contributed by atoms with Gasteiger partial charge in [-0.05, 0) is 51.4 Å². The Morgan fingerprint density at radius 2 is 0.681 bits per heavy atom. The third kappa shape index (κ3) is 55.8. The molecule has 3 N–H and O–H groups in total. The van der Waals surface area contributed by atoms with E-state index in [0.717, 1.165) is 38.5 Å². The van der Waals surface area contributed by atoms with Crippen LogP contribution < -0.4 is 5.32 Å². The van der Waals surface area contributed by atoms with Crippen LogP contribution in [0, 0.1) is 0 Å². The zero-order valence-electron chi connectivity index (χ0n) is 46.8. The Bertz CT molecular complexity index is 1030. The SMILES string of the molecule is CCCCCCCCCCCCCCCCC(=O)OCCCCCCCCCCCCCC/C=C\CCCCCCCCCCCCCCC(=O)NC(CO)C(O)CCCCCCCCCCCC. The third-order valence-electron chi connectivity index (χ3n) is 14.8. The molecule has 1 amide bonds. The predicted octanol–water partition coefficient (Wildman–Crippen LogP) is 19.6. The summed E-state index contributed by atoms with van der Waals surface area (Å²) < 4.78 is 5.49. The number of aliphatic hydroxyl groups is 2. The maximum absolute atomic E-state index is 12.4. The van der Waals surface area contributed by atoms with E-state index in [1.165, 1.54) is 283 Å². The summed E-state index contributed by atoms with van der Waals surface area (Å²) in [5.41, 5.74) is 0. The lowest BCUT2D eigenvalue weighted by Crippen LogP contribution is -2.45. The first kappa shape index (κ1) is 67.6. The Morgan fingerprint density at radius 3 is 1.03 bits per heavy atom. The van der Waals surface area contributed by atoms with Crippen molar-refractivity contribution in [3.63, 3.8) is 0 Å². The largest absolute Gasteiger partial charge is 0.466 e. The van der Waals surface area contributed by atoms with Gasteiger partial charge in [-0.15, -0.1) is 0 Å². The van der Waals surface area contributed by atoms with Crippen LogP contribution in [0.5, 0.6) is 0 Å².